The number of carbonyl (C=O) groups is 1. The second-order valence-electron chi connectivity index (χ2n) is 4.59. The monoisotopic (exact) mass is 190 g/mol. The van der Waals surface area contributed by atoms with Crippen LogP contribution in [0.5, 0.6) is 0 Å². The van der Waals surface area contributed by atoms with Gasteiger partial charge in [-0.3, -0.25) is 4.79 Å². The number of hydrogen-bond donors (Lipinski definition) is 0. The summed E-state index contributed by atoms with van der Waals surface area (Å²) in [6, 6.07) is 0. The van der Waals surface area contributed by atoms with Gasteiger partial charge in [-0.1, -0.05) is 0 Å². The molecule has 0 aromatic rings. The summed E-state index contributed by atoms with van der Waals surface area (Å²) in [5.41, 5.74) is -0.772. The van der Waals surface area contributed by atoms with Crippen LogP contribution in [0.4, 0.5) is 0 Å². The first-order valence-corrected chi connectivity index (χ1v) is 4.94. The second kappa shape index (κ2) is 3.74. The summed E-state index contributed by atoms with van der Waals surface area (Å²) in [6.45, 7) is 9.40. The van der Waals surface area contributed by atoms with Crippen molar-refractivity contribution in [1.29, 1.82) is 0 Å². The van der Waals surface area contributed by atoms with Gasteiger partial charge in [-0.2, -0.15) is 0 Å². The van der Waals surface area contributed by atoms with Gasteiger partial charge in [0.2, 0.25) is 0 Å². The van der Waals surface area contributed by atoms with E-state index in [2.05, 4.69) is 9.24 Å². The highest BCUT2D eigenvalue weighted by Gasteiger charge is 2.30. The van der Waals surface area contributed by atoms with Gasteiger partial charge in [-0.05, 0) is 40.8 Å². The van der Waals surface area contributed by atoms with Crippen LogP contribution in [0.25, 0.3) is 0 Å². The third kappa shape index (κ3) is 4.06. The standard InChI is InChI=1S/C9H19O2P/c1-8(2,3)11-7(10)9(4,5)6-12/h6,12H2,1-5H3. The minimum absolute atomic E-state index is 0.134. The lowest BCUT2D eigenvalue weighted by Crippen LogP contribution is -2.34. The number of ether oxygens (including phenoxy) is 1. The predicted octanol–water partition coefficient (Wildman–Crippen LogP) is 2.23. The summed E-state index contributed by atoms with van der Waals surface area (Å²) in [6.07, 6.45) is 0.724. The predicted molar refractivity (Wildman–Crippen MR) is 54.2 cm³/mol. The molecule has 0 fully saturated rings. The molecule has 0 saturated carbocycles. The SMILES string of the molecule is CC(C)(C)OC(=O)C(C)(C)CP. The molecule has 3 heteroatoms. The van der Waals surface area contributed by atoms with Crippen LogP contribution in [-0.4, -0.2) is 17.7 Å². The Morgan fingerprint density at radius 3 is 1.92 bits per heavy atom. The fourth-order valence-corrected chi connectivity index (χ4v) is 0.666. The smallest absolute Gasteiger partial charge is 0.312 e. The minimum atomic E-state index is -0.391. The molecule has 0 N–H and O–H groups in total. The Morgan fingerprint density at radius 1 is 1.25 bits per heavy atom. The van der Waals surface area contributed by atoms with E-state index >= 15 is 0 Å². The van der Waals surface area contributed by atoms with E-state index in [0.29, 0.717) is 0 Å². The van der Waals surface area contributed by atoms with Gasteiger partial charge in [-0.25, -0.2) is 0 Å². The van der Waals surface area contributed by atoms with Crippen molar-refractivity contribution in [1.82, 2.24) is 0 Å². The molecule has 0 amide bonds. The molecule has 0 rings (SSSR count). The Morgan fingerprint density at radius 2 is 1.67 bits per heavy atom. The van der Waals surface area contributed by atoms with Crippen molar-refractivity contribution in [2.75, 3.05) is 6.16 Å². The van der Waals surface area contributed by atoms with Crippen LogP contribution < -0.4 is 0 Å². The first kappa shape index (κ1) is 11.9. The summed E-state index contributed by atoms with van der Waals surface area (Å²) in [5, 5.41) is 0. The molecule has 0 spiro atoms. The normalized spacial score (nSPS) is 12.8. The third-order valence-electron chi connectivity index (χ3n) is 1.46. The lowest BCUT2D eigenvalue weighted by atomic mass is 9.96. The van der Waals surface area contributed by atoms with E-state index in [4.69, 9.17) is 4.74 Å². The molecule has 1 unspecified atom stereocenters. The van der Waals surface area contributed by atoms with Crippen molar-refractivity contribution < 1.29 is 9.53 Å². The molecule has 12 heavy (non-hydrogen) atoms. The Balaban J connectivity index is 4.23. The van der Waals surface area contributed by atoms with E-state index in [0.717, 1.165) is 6.16 Å². The molecular weight excluding hydrogens is 171 g/mol. The molecule has 72 valence electrons. The maximum Gasteiger partial charge on any atom is 0.312 e. The van der Waals surface area contributed by atoms with Gasteiger partial charge < -0.3 is 4.74 Å². The van der Waals surface area contributed by atoms with E-state index in [1.54, 1.807) is 0 Å². The maximum atomic E-state index is 11.5. The largest absolute Gasteiger partial charge is 0.460 e. The topological polar surface area (TPSA) is 26.3 Å². The molecule has 0 aromatic carbocycles. The van der Waals surface area contributed by atoms with Crippen LogP contribution in [0.3, 0.4) is 0 Å². The van der Waals surface area contributed by atoms with Gasteiger partial charge in [0.05, 0.1) is 5.41 Å². The van der Waals surface area contributed by atoms with Crippen LogP contribution >= 0.6 is 9.24 Å². The molecule has 0 aliphatic heterocycles. The number of esters is 1. The van der Waals surface area contributed by atoms with Crippen molar-refractivity contribution in [3.63, 3.8) is 0 Å². The second-order valence-corrected chi connectivity index (χ2v) is 5.00. The summed E-state index contributed by atoms with van der Waals surface area (Å²) in [7, 11) is 2.56. The number of rotatable bonds is 2. The molecule has 1 atom stereocenters. The van der Waals surface area contributed by atoms with Crippen molar-refractivity contribution in [2.24, 2.45) is 5.41 Å². The van der Waals surface area contributed by atoms with Crippen molar-refractivity contribution in [3.8, 4) is 0 Å². The maximum absolute atomic E-state index is 11.5. The zero-order chi connectivity index (χ0) is 9.99. The molecule has 0 radical (unpaired) electrons. The first-order chi connectivity index (χ1) is 5.19. The van der Waals surface area contributed by atoms with Gasteiger partial charge in [-0.15, -0.1) is 9.24 Å². The fourth-order valence-electron chi connectivity index (χ4n) is 0.500. The summed E-state index contributed by atoms with van der Waals surface area (Å²) in [4.78, 5) is 11.5. The van der Waals surface area contributed by atoms with Crippen molar-refractivity contribution >= 4 is 15.2 Å². The highest BCUT2D eigenvalue weighted by Crippen LogP contribution is 2.23. The van der Waals surface area contributed by atoms with Gasteiger partial charge in [0.15, 0.2) is 0 Å². The Bertz CT molecular complexity index is 168. The van der Waals surface area contributed by atoms with Gasteiger partial charge >= 0.3 is 5.97 Å². The van der Waals surface area contributed by atoms with Gasteiger partial charge in [0.25, 0.3) is 0 Å². The van der Waals surface area contributed by atoms with Crippen molar-refractivity contribution in [2.45, 2.75) is 40.2 Å². The quantitative estimate of drug-likeness (QED) is 0.493. The molecule has 0 heterocycles. The highest BCUT2D eigenvalue weighted by molar-refractivity contribution is 7.16. The lowest BCUT2D eigenvalue weighted by molar-refractivity contribution is -0.164. The Kier molecular flexibility index (Phi) is 3.71. The van der Waals surface area contributed by atoms with Crippen molar-refractivity contribution in [3.05, 3.63) is 0 Å². The Labute approximate surface area is 77.3 Å². The minimum Gasteiger partial charge on any atom is -0.460 e. The van der Waals surface area contributed by atoms with E-state index in [-0.39, 0.29) is 11.6 Å². The molecule has 0 saturated heterocycles. The average molecular weight is 190 g/mol. The van der Waals surface area contributed by atoms with E-state index < -0.39 is 5.41 Å². The van der Waals surface area contributed by atoms with E-state index in [1.807, 2.05) is 34.6 Å². The fraction of sp³-hybridized carbons (Fsp3) is 0.889. The molecule has 2 nitrogen and oxygen atoms in total. The molecule has 0 aromatic heterocycles. The van der Waals surface area contributed by atoms with E-state index in [1.165, 1.54) is 0 Å². The third-order valence-corrected chi connectivity index (χ3v) is 2.48. The first-order valence-electron chi connectivity index (χ1n) is 4.12. The lowest BCUT2D eigenvalue weighted by Gasteiger charge is -2.27. The average Bonchev–Trinajstić information content (AvgIpc) is 1.84. The van der Waals surface area contributed by atoms with Crippen LogP contribution in [0, 0.1) is 5.41 Å². The highest BCUT2D eigenvalue weighted by atomic mass is 31.0. The number of carbonyl (C=O) groups excluding carboxylic acids is 1. The van der Waals surface area contributed by atoms with Gasteiger partial charge in [0, 0.05) is 0 Å². The summed E-state index contributed by atoms with van der Waals surface area (Å²) < 4.78 is 5.24. The number of hydrogen-bond acceptors (Lipinski definition) is 2. The van der Waals surface area contributed by atoms with Crippen LogP contribution in [-0.2, 0) is 9.53 Å². The zero-order valence-corrected chi connectivity index (χ0v) is 9.76. The Hall–Kier alpha value is -0.100. The molecular formula is C9H19O2P. The van der Waals surface area contributed by atoms with Crippen LogP contribution in [0.2, 0.25) is 0 Å². The molecule has 0 aliphatic rings. The van der Waals surface area contributed by atoms with Crippen LogP contribution in [0.1, 0.15) is 34.6 Å². The molecule has 0 bridgehead atoms. The van der Waals surface area contributed by atoms with Gasteiger partial charge in [0.1, 0.15) is 5.60 Å². The van der Waals surface area contributed by atoms with E-state index in [9.17, 15) is 4.79 Å². The molecule has 0 aliphatic carbocycles. The summed E-state index contributed by atoms with van der Waals surface area (Å²) in [5.74, 6) is -0.134. The van der Waals surface area contributed by atoms with Crippen LogP contribution in [0.15, 0.2) is 0 Å². The summed E-state index contributed by atoms with van der Waals surface area (Å²) >= 11 is 0. The zero-order valence-electron chi connectivity index (χ0n) is 8.60.